The van der Waals surface area contributed by atoms with Crippen molar-refractivity contribution in [3.63, 3.8) is 0 Å². The Morgan fingerprint density at radius 3 is 2.22 bits per heavy atom. The molecule has 114 valence electrons. The third-order valence-corrected chi connectivity index (χ3v) is 5.07. The van der Waals surface area contributed by atoms with E-state index in [9.17, 15) is 0 Å². The number of aryl methyl sites for hydroxylation is 1. The van der Waals surface area contributed by atoms with Gasteiger partial charge in [-0.25, -0.2) is 0 Å². The minimum atomic E-state index is 0.190. The Hall–Kier alpha value is -2.34. The molecule has 1 aliphatic carbocycles. The summed E-state index contributed by atoms with van der Waals surface area (Å²) in [5, 5.41) is 0. The second-order valence-electron chi connectivity index (χ2n) is 7.34. The first kappa shape index (κ1) is 14.3. The quantitative estimate of drug-likeness (QED) is 0.504. The van der Waals surface area contributed by atoms with Crippen LogP contribution in [0.5, 0.6) is 0 Å². The van der Waals surface area contributed by atoms with Crippen molar-refractivity contribution in [2.75, 3.05) is 0 Å². The molecular weight excluding hydrogens is 276 g/mol. The fourth-order valence-corrected chi connectivity index (χ4v) is 3.81. The van der Waals surface area contributed by atoms with Gasteiger partial charge in [-0.3, -0.25) is 0 Å². The number of fused-ring (bicyclic) bond motifs is 3. The van der Waals surface area contributed by atoms with E-state index in [2.05, 4.69) is 87.5 Å². The van der Waals surface area contributed by atoms with Crippen LogP contribution < -0.4 is 0 Å². The third-order valence-electron chi connectivity index (χ3n) is 5.07. The summed E-state index contributed by atoms with van der Waals surface area (Å²) < 4.78 is 0. The lowest BCUT2D eigenvalue weighted by molar-refractivity contribution is 0.517. The Bertz CT molecular complexity index is 867. The van der Waals surface area contributed by atoms with Gasteiger partial charge >= 0.3 is 0 Å². The van der Waals surface area contributed by atoms with E-state index in [4.69, 9.17) is 0 Å². The molecule has 0 amide bonds. The molecule has 0 fully saturated rings. The number of benzene rings is 3. The van der Waals surface area contributed by atoms with Gasteiger partial charge in [-0.2, -0.15) is 0 Å². The molecule has 0 saturated heterocycles. The van der Waals surface area contributed by atoms with Gasteiger partial charge in [-0.05, 0) is 52.1 Å². The van der Waals surface area contributed by atoms with E-state index in [1.165, 1.54) is 38.9 Å². The standard InChI is InChI=1S/C23H22/c1-16-8-10-17(11-9-16)18-12-13-20-19(14-18)15-23(2,3)22-7-5-4-6-21(20)22/h4-14H,15H2,1-3H3. The largest absolute Gasteiger partial charge is 0.0619 e. The topological polar surface area (TPSA) is 0 Å². The summed E-state index contributed by atoms with van der Waals surface area (Å²) in [5.74, 6) is 0. The lowest BCUT2D eigenvalue weighted by Gasteiger charge is -2.34. The highest BCUT2D eigenvalue weighted by Gasteiger charge is 2.30. The van der Waals surface area contributed by atoms with E-state index in [1.807, 2.05) is 0 Å². The van der Waals surface area contributed by atoms with Crippen molar-refractivity contribution in [2.45, 2.75) is 32.6 Å². The molecule has 0 heteroatoms. The predicted molar refractivity (Wildman–Crippen MR) is 98.8 cm³/mol. The number of hydrogen-bond acceptors (Lipinski definition) is 0. The highest BCUT2D eigenvalue weighted by Crippen LogP contribution is 2.43. The Morgan fingerprint density at radius 2 is 1.43 bits per heavy atom. The Kier molecular flexibility index (Phi) is 3.16. The van der Waals surface area contributed by atoms with Crippen molar-refractivity contribution >= 4 is 0 Å². The molecule has 0 spiro atoms. The van der Waals surface area contributed by atoms with Gasteiger partial charge in [-0.1, -0.05) is 86.1 Å². The van der Waals surface area contributed by atoms with Crippen LogP contribution in [0.1, 0.15) is 30.5 Å². The molecule has 4 rings (SSSR count). The van der Waals surface area contributed by atoms with Gasteiger partial charge in [0.2, 0.25) is 0 Å². The summed E-state index contributed by atoms with van der Waals surface area (Å²) in [5.41, 5.74) is 9.85. The maximum Gasteiger partial charge on any atom is -0.00568 e. The van der Waals surface area contributed by atoms with Crippen LogP contribution in [0.2, 0.25) is 0 Å². The van der Waals surface area contributed by atoms with E-state index in [0.717, 1.165) is 6.42 Å². The summed E-state index contributed by atoms with van der Waals surface area (Å²) in [6.45, 7) is 6.84. The van der Waals surface area contributed by atoms with Gasteiger partial charge in [-0.15, -0.1) is 0 Å². The Labute approximate surface area is 138 Å². The fourth-order valence-electron chi connectivity index (χ4n) is 3.81. The number of rotatable bonds is 1. The van der Waals surface area contributed by atoms with Crippen molar-refractivity contribution in [3.8, 4) is 22.3 Å². The van der Waals surface area contributed by atoms with Gasteiger partial charge in [0.25, 0.3) is 0 Å². The molecule has 0 nitrogen and oxygen atoms in total. The Balaban J connectivity index is 1.87. The zero-order valence-electron chi connectivity index (χ0n) is 14.1. The molecule has 0 unspecified atom stereocenters. The van der Waals surface area contributed by atoms with Crippen LogP contribution in [0.4, 0.5) is 0 Å². The van der Waals surface area contributed by atoms with E-state index < -0.39 is 0 Å². The molecule has 0 heterocycles. The van der Waals surface area contributed by atoms with E-state index in [-0.39, 0.29) is 5.41 Å². The van der Waals surface area contributed by atoms with Crippen LogP contribution in [-0.2, 0) is 11.8 Å². The summed E-state index contributed by atoms with van der Waals surface area (Å²) in [4.78, 5) is 0. The van der Waals surface area contributed by atoms with Crippen molar-refractivity contribution in [1.82, 2.24) is 0 Å². The fraction of sp³-hybridized carbons (Fsp3) is 0.217. The first-order valence-corrected chi connectivity index (χ1v) is 8.34. The highest BCUT2D eigenvalue weighted by atomic mass is 14.3. The summed E-state index contributed by atoms with van der Waals surface area (Å²) >= 11 is 0. The minimum Gasteiger partial charge on any atom is -0.0619 e. The lowest BCUT2D eigenvalue weighted by atomic mass is 9.70. The Morgan fingerprint density at radius 1 is 0.739 bits per heavy atom. The van der Waals surface area contributed by atoms with Crippen LogP contribution in [0.3, 0.4) is 0 Å². The molecule has 0 bridgehead atoms. The molecular formula is C23H22. The van der Waals surface area contributed by atoms with Crippen molar-refractivity contribution in [2.24, 2.45) is 0 Å². The maximum atomic E-state index is 2.39. The van der Waals surface area contributed by atoms with Gasteiger partial charge in [0.15, 0.2) is 0 Å². The average Bonchev–Trinajstić information content (AvgIpc) is 2.55. The van der Waals surface area contributed by atoms with Crippen LogP contribution >= 0.6 is 0 Å². The van der Waals surface area contributed by atoms with Crippen molar-refractivity contribution < 1.29 is 0 Å². The van der Waals surface area contributed by atoms with Crippen LogP contribution in [0.15, 0.2) is 66.7 Å². The second-order valence-corrected chi connectivity index (χ2v) is 7.34. The van der Waals surface area contributed by atoms with Crippen LogP contribution in [0, 0.1) is 6.92 Å². The predicted octanol–water partition coefficient (Wildman–Crippen LogP) is 6.16. The molecule has 3 aromatic rings. The molecule has 3 aromatic carbocycles. The zero-order valence-corrected chi connectivity index (χ0v) is 14.1. The minimum absolute atomic E-state index is 0.190. The number of hydrogen-bond donors (Lipinski definition) is 0. The highest BCUT2D eigenvalue weighted by molar-refractivity contribution is 5.78. The lowest BCUT2D eigenvalue weighted by Crippen LogP contribution is -2.25. The van der Waals surface area contributed by atoms with E-state index in [0.29, 0.717) is 0 Å². The van der Waals surface area contributed by atoms with Gasteiger partial charge in [0.05, 0.1) is 0 Å². The molecule has 0 aliphatic heterocycles. The van der Waals surface area contributed by atoms with Crippen molar-refractivity contribution in [1.29, 1.82) is 0 Å². The van der Waals surface area contributed by atoms with E-state index >= 15 is 0 Å². The van der Waals surface area contributed by atoms with Crippen molar-refractivity contribution in [3.05, 3.63) is 83.4 Å². The molecule has 0 saturated carbocycles. The van der Waals surface area contributed by atoms with Gasteiger partial charge < -0.3 is 0 Å². The second kappa shape index (κ2) is 5.09. The summed E-state index contributed by atoms with van der Waals surface area (Å²) in [6.07, 6.45) is 1.10. The maximum absolute atomic E-state index is 2.39. The molecule has 1 aliphatic rings. The van der Waals surface area contributed by atoms with Crippen LogP contribution in [-0.4, -0.2) is 0 Å². The first-order chi connectivity index (χ1) is 11.0. The van der Waals surface area contributed by atoms with Gasteiger partial charge in [0, 0.05) is 0 Å². The summed E-state index contributed by atoms with van der Waals surface area (Å²) in [6, 6.07) is 24.6. The smallest absolute Gasteiger partial charge is 0.00568 e. The molecule has 0 N–H and O–H groups in total. The average molecular weight is 298 g/mol. The normalized spacial score (nSPS) is 14.9. The van der Waals surface area contributed by atoms with Gasteiger partial charge in [0.1, 0.15) is 0 Å². The van der Waals surface area contributed by atoms with Crippen LogP contribution in [0.25, 0.3) is 22.3 Å². The molecule has 0 radical (unpaired) electrons. The molecule has 0 aromatic heterocycles. The van der Waals surface area contributed by atoms with E-state index in [1.54, 1.807) is 0 Å². The summed E-state index contributed by atoms with van der Waals surface area (Å²) in [7, 11) is 0. The molecule has 23 heavy (non-hydrogen) atoms. The third kappa shape index (κ3) is 2.39. The first-order valence-electron chi connectivity index (χ1n) is 8.34. The monoisotopic (exact) mass is 298 g/mol. The SMILES string of the molecule is Cc1ccc(-c2ccc3c(c2)CC(C)(C)c2ccccc2-3)cc1. The molecule has 0 atom stereocenters. The zero-order chi connectivity index (χ0) is 16.0.